The van der Waals surface area contributed by atoms with Crippen LogP contribution in [0.1, 0.15) is 36.6 Å². The highest BCUT2D eigenvalue weighted by Gasteiger charge is 2.27. The minimum atomic E-state index is 0.212. The van der Waals surface area contributed by atoms with E-state index in [0.717, 1.165) is 29.7 Å². The summed E-state index contributed by atoms with van der Waals surface area (Å²) in [5.74, 6) is 3.84. The fraction of sp³-hybridized carbons (Fsp3) is 0.471. The third-order valence-corrected chi connectivity index (χ3v) is 5.15. The molecule has 3 rings (SSSR count). The number of rotatable bonds is 5. The molecule has 0 saturated heterocycles. The van der Waals surface area contributed by atoms with Crippen molar-refractivity contribution < 1.29 is 4.79 Å². The number of hydrogen-bond acceptors (Lipinski definition) is 4. The van der Waals surface area contributed by atoms with Crippen molar-refractivity contribution in [1.82, 2.24) is 19.7 Å². The van der Waals surface area contributed by atoms with Gasteiger partial charge in [-0.3, -0.25) is 4.79 Å². The summed E-state index contributed by atoms with van der Waals surface area (Å²) in [6, 6.07) is 10.6. The van der Waals surface area contributed by atoms with E-state index in [1.807, 2.05) is 41.8 Å². The first-order chi connectivity index (χ1) is 11.1. The molecule has 1 atom stereocenters. The topological polar surface area (TPSA) is 51.0 Å². The monoisotopic (exact) mass is 330 g/mol. The number of hydrogen-bond donors (Lipinski definition) is 0. The quantitative estimate of drug-likeness (QED) is 0.791. The van der Waals surface area contributed by atoms with Crippen molar-refractivity contribution in [2.24, 2.45) is 0 Å². The molecule has 6 heteroatoms. The molecule has 0 spiro atoms. The zero-order valence-corrected chi connectivity index (χ0v) is 14.4. The van der Waals surface area contributed by atoms with Gasteiger partial charge in [0.2, 0.25) is 5.91 Å². The molecule has 1 aromatic heterocycles. The van der Waals surface area contributed by atoms with Gasteiger partial charge in [-0.15, -0.1) is 10.2 Å². The third-order valence-electron chi connectivity index (χ3n) is 4.12. The number of carbonyl (C=O) groups excluding carboxylic acids is 1. The molecule has 0 unspecified atom stereocenters. The Morgan fingerprint density at radius 3 is 2.87 bits per heavy atom. The van der Waals surface area contributed by atoms with Crippen LogP contribution in [-0.4, -0.2) is 37.9 Å². The molecule has 2 heterocycles. The molecule has 1 aliphatic heterocycles. The van der Waals surface area contributed by atoms with Crippen molar-refractivity contribution in [3.8, 4) is 0 Å². The summed E-state index contributed by atoms with van der Waals surface area (Å²) >= 11 is 1.81. The van der Waals surface area contributed by atoms with Gasteiger partial charge in [0.15, 0.2) is 5.82 Å². The Bertz CT molecular complexity index is 670. The lowest BCUT2D eigenvalue weighted by Crippen LogP contribution is -2.40. The van der Waals surface area contributed by atoms with Crippen molar-refractivity contribution in [2.75, 3.05) is 12.3 Å². The molecular weight excluding hydrogens is 308 g/mol. The van der Waals surface area contributed by atoms with Gasteiger partial charge in [0.05, 0.1) is 12.6 Å². The van der Waals surface area contributed by atoms with E-state index < -0.39 is 0 Å². The van der Waals surface area contributed by atoms with Crippen LogP contribution in [0, 0.1) is 6.92 Å². The highest BCUT2D eigenvalue weighted by atomic mass is 32.2. The van der Waals surface area contributed by atoms with Crippen molar-refractivity contribution in [3.63, 3.8) is 0 Å². The summed E-state index contributed by atoms with van der Waals surface area (Å²) < 4.78 is 2.13. The average molecular weight is 330 g/mol. The fourth-order valence-corrected chi connectivity index (χ4v) is 3.89. The van der Waals surface area contributed by atoms with E-state index in [2.05, 4.69) is 33.8 Å². The number of carbonyl (C=O) groups is 1. The molecule has 1 aliphatic rings. The Labute approximate surface area is 141 Å². The highest BCUT2D eigenvalue weighted by Crippen LogP contribution is 2.22. The highest BCUT2D eigenvalue weighted by molar-refractivity contribution is 7.98. The molecular formula is C17H22N4OS. The Hall–Kier alpha value is -1.82. The smallest absolute Gasteiger partial charge is 0.223 e. The van der Waals surface area contributed by atoms with Crippen LogP contribution in [0.3, 0.4) is 0 Å². The van der Waals surface area contributed by atoms with Gasteiger partial charge in [-0.25, -0.2) is 0 Å². The molecule has 2 aromatic rings. The van der Waals surface area contributed by atoms with Gasteiger partial charge < -0.3 is 9.47 Å². The second-order valence-electron chi connectivity index (χ2n) is 5.94. The predicted octanol–water partition coefficient (Wildman–Crippen LogP) is 2.81. The van der Waals surface area contributed by atoms with Gasteiger partial charge in [-0.1, -0.05) is 30.3 Å². The molecule has 0 radical (unpaired) electrons. The van der Waals surface area contributed by atoms with E-state index >= 15 is 0 Å². The molecule has 0 N–H and O–H groups in total. The molecule has 0 saturated carbocycles. The normalized spacial score (nSPS) is 17.1. The first kappa shape index (κ1) is 16.1. The maximum atomic E-state index is 12.4. The summed E-state index contributed by atoms with van der Waals surface area (Å²) in [5, 5.41) is 8.31. The zero-order valence-electron chi connectivity index (χ0n) is 13.6. The Morgan fingerprint density at radius 1 is 1.30 bits per heavy atom. The van der Waals surface area contributed by atoms with Crippen molar-refractivity contribution >= 4 is 17.7 Å². The lowest BCUT2D eigenvalue weighted by atomic mass is 10.2. The van der Waals surface area contributed by atoms with Crippen LogP contribution in [0.5, 0.6) is 0 Å². The van der Waals surface area contributed by atoms with Crippen LogP contribution in [0.15, 0.2) is 30.3 Å². The molecule has 0 bridgehead atoms. The van der Waals surface area contributed by atoms with Crippen molar-refractivity contribution in [3.05, 3.63) is 47.5 Å². The summed E-state index contributed by atoms with van der Waals surface area (Å²) in [6.45, 7) is 5.40. The summed E-state index contributed by atoms with van der Waals surface area (Å²) in [4.78, 5) is 14.3. The summed E-state index contributed by atoms with van der Waals surface area (Å²) in [6.07, 6.45) is 0.581. The minimum absolute atomic E-state index is 0.212. The van der Waals surface area contributed by atoms with Crippen LogP contribution in [0.2, 0.25) is 0 Å². The van der Waals surface area contributed by atoms with E-state index in [1.165, 1.54) is 5.56 Å². The Balaban J connectivity index is 1.48. The number of amides is 1. The molecule has 0 aliphatic carbocycles. The van der Waals surface area contributed by atoms with Crippen LogP contribution in [0.25, 0.3) is 0 Å². The third kappa shape index (κ3) is 3.75. The maximum absolute atomic E-state index is 12.4. The number of benzene rings is 1. The van der Waals surface area contributed by atoms with E-state index in [-0.39, 0.29) is 11.9 Å². The maximum Gasteiger partial charge on any atom is 0.223 e. The lowest BCUT2D eigenvalue weighted by molar-refractivity contribution is -0.132. The number of thioether (sulfide) groups is 1. The summed E-state index contributed by atoms with van der Waals surface area (Å²) in [5.41, 5.74) is 1.31. The number of aryl methyl sites for hydroxylation is 1. The van der Waals surface area contributed by atoms with Gasteiger partial charge in [-0.2, -0.15) is 11.8 Å². The Morgan fingerprint density at radius 2 is 2.09 bits per heavy atom. The fourth-order valence-electron chi connectivity index (χ4n) is 3.00. The first-order valence-corrected chi connectivity index (χ1v) is 9.10. The van der Waals surface area contributed by atoms with Crippen LogP contribution >= 0.6 is 11.8 Å². The van der Waals surface area contributed by atoms with Gasteiger partial charge in [0, 0.05) is 24.5 Å². The van der Waals surface area contributed by atoms with E-state index in [0.29, 0.717) is 13.0 Å². The van der Waals surface area contributed by atoms with Crippen molar-refractivity contribution in [1.29, 1.82) is 0 Å². The van der Waals surface area contributed by atoms with Crippen LogP contribution in [-0.2, 0) is 17.1 Å². The second kappa shape index (κ2) is 7.17. The Kier molecular flexibility index (Phi) is 5.00. The van der Waals surface area contributed by atoms with E-state index in [1.54, 1.807) is 0 Å². The lowest BCUT2D eigenvalue weighted by Gasteiger charge is -2.32. The average Bonchev–Trinajstić information content (AvgIpc) is 2.94. The number of fused-ring (bicyclic) bond motifs is 1. The SMILES string of the molecule is Cc1nnc2n1[C@@H](C)CN(C(=O)CCSCc1ccccc1)C2. The van der Waals surface area contributed by atoms with Gasteiger partial charge >= 0.3 is 0 Å². The largest absolute Gasteiger partial charge is 0.333 e. The number of aromatic nitrogens is 3. The van der Waals surface area contributed by atoms with E-state index in [4.69, 9.17) is 0 Å². The minimum Gasteiger partial charge on any atom is -0.333 e. The van der Waals surface area contributed by atoms with Gasteiger partial charge in [0.25, 0.3) is 0 Å². The molecule has 1 amide bonds. The first-order valence-electron chi connectivity index (χ1n) is 7.95. The molecule has 0 fully saturated rings. The standard InChI is InChI=1S/C17H22N4OS/c1-13-10-20(11-16-19-18-14(2)21(13)16)17(22)8-9-23-12-15-6-4-3-5-7-15/h3-7,13H,8-12H2,1-2H3/t13-/m0/s1. The van der Waals surface area contributed by atoms with Crippen molar-refractivity contribution in [2.45, 2.75) is 38.6 Å². The van der Waals surface area contributed by atoms with Crippen LogP contribution in [0.4, 0.5) is 0 Å². The van der Waals surface area contributed by atoms with E-state index in [9.17, 15) is 4.79 Å². The number of nitrogens with zero attached hydrogens (tertiary/aromatic N) is 4. The van der Waals surface area contributed by atoms with Gasteiger partial charge in [-0.05, 0) is 19.4 Å². The zero-order chi connectivity index (χ0) is 16.2. The molecule has 5 nitrogen and oxygen atoms in total. The predicted molar refractivity (Wildman–Crippen MR) is 92.1 cm³/mol. The second-order valence-corrected chi connectivity index (χ2v) is 7.05. The molecule has 23 heavy (non-hydrogen) atoms. The molecule has 122 valence electrons. The summed E-state index contributed by atoms with van der Waals surface area (Å²) in [7, 11) is 0. The van der Waals surface area contributed by atoms with Crippen LogP contribution < -0.4 is 0 Å². The van der Waals surface area contributed by atoms with Gasteiger partial charge in [0.1, 0.15) is 5.82 Å². The molecule has 1 aromatic carbocycles.